The molecule has 1 aromatic carbocycles. The fraction of sp³-hybridized carbons (Fsp3) is 0.533. The first-order valence-electron chi connectivity index (χ1n) is 6.94. The van der Waals surface area contributed by atoms with Gasteiger partial charge in [-0.3, -0.25) is 4.79 Å². The van der Waals surface area contributed by atoms with Crippen LogP contribution in [-0.2, 0) is 16.0 Å². The zero-order chi connectivity index (χ0) is 14.6. The number of piperidine rings is 1. The SMILES string of the molecule is C[C@H](N)C(=O)OC1(Cc2ccc(Cl)cc2)CCNCC1. The van der Waals surface area contributed by atoms with Crippen LogP contribution in [0.15, 0.2) is 24.3 Å². The zero-order valence-corrected chi connectivity index (χ0v) is 12.5. The standard InChI is InChI=1S/C15H21ClN2O2/c1-11(17)14(19)20-15(6-8-18-9-7-15)10-12-2-4-13(16)5-3-12/h2-5,11,18H,6-10,17H2,1H3/t11-/m0/s1. The van der Waals surface area contributed by atoms with Crippen LogP contribution < -0.4 is 11.1 Å². The summed E-state index contributed by atoms with van der Waals surface area (Å²) >= 11 is 5.90. The largest absolute Gasteiger partial charge is 0.457 e. The van der Waals surface area contributed by atoms with E-state index in [4.69, 9.17) is 22.1 Å². The Kier molecular flexibility index (Phi) is 5.02. The first kappa shape index (κ1) is 15.3. The van der Waals surface area contributed by atoms with E-state index < -0.39 is 11.6 Å². The molecule has 0 saturated carbocycles. The number of esters is 1. The molecule has 0 unspecified atom stereocenters. The van der Waals surface area contributed by atoms with E-state index >= 15 is 0 Å². The molecule has 1 aliphatic rings. The lowest BCUT2D eigenvalue weighted by atomic mass is 9.85. The Morgan fingerprint density at radius 2 is 2.00 bits per heavy atom. The highest BCUT2D eigenvalue weighted by Crippen LogP contribution is 2.29. The van der Waals surface area contributed by atoms with Gasteiger partial charge in [-0.1, -0.05) is 23.7 Å². The van der Waals surface area contributed by atoms with Crippen molar-refractivity contribution >= 4 is 17.6 Å². The van der Waals surface area contributed by atoms with Crippen LogP contribution in [0.2, 0.25) is 5.02 Å². The number of hydrogen-bond acceptors (Lipinski definition) is 4. The van der Waals surface area contributed by atoms with Crippen LogP contribution in [0.4, 0.5) is 0 Å². The summed E-state index contributed by atoms with van der Waals surface area (Å²) in [6.45, 7) is 3.35. The highest BCUT2D eigenvalue weighted by molar-refractivity contribution is 6.30. The molecule has 3 N–H and O–H groups in total. The highest BCUT2D eigenvalue weighted by atomic mass is 35.5. The van der Waals surface area contributed by atoms with Gasteiger partial charge in [-0.05, 0) is 37.7 Å². The minimum atomic E-state index is -0.591. The highest BCUT2D eigenvalue weighted by Gasteiger charge is 2.36. The number of carbonyl (C=O) groups excluding carboxylic acids is 1. The first-order valence-corrected chi connectivity index (χ1v) is 7.32. The average Bonchev–Trinajstić information content (AvgIpc) is 2.42. The third kappa shape index (κ3) is 3.95. The fourth-order valence-corrected chi connectivity index (χ4v) is 2.60. The van der Waals surface area contributed by atoms with Gasteiger partial charge in [0.05, 0.1) is 0 Å². The summed E-state index contributed by atoms with van der Waals surface area (Å²) in [6, 6.07) is 7.09. The Balaban J connectivity index is 2.14. The van der Waals surface area contributed by atoms with Gasteiger partial charge in [-0.2, -0.15) is 0 Å². The topological polar surface area (TPSA) is 64.4 Å². The summed E-state index contributed by atoms with van der Waals surface area (Å²) in [5.41, 5.74) is 6.28. The van der Waals surface area contributed by atoms with E-state index in [1.165, 1.54) is 0 Å². The van der Waals surface area contributed by atoms with Gasteiger partial charge >= 0.3 is 5.97 Å². The number of hydrogen-bond donors (Lipinski definition) is 2. The van der Waals surface area contributed by atoms with Crippen LogP contribution in [0.3, 0.4) is 0 Å². The Morgan fingerprint density at radius 1 is 1.40 bits per heavy atom. The summed E-state index contributed by atoms with van der Waals surface area (Å²) in [6.07, 6.45) is 2.30. The third-order valence-electron chi connectivity index (χ3n) is 3.64. The number of rotatable bonds is 4. The number of ether oxygens (including phenoxy) is 1. The van der Waals surface area contributed by atoms with Crippen LogP contribution in [0, 0.1) is 0 Å². The molecule has 1 aromatic rings. The van der Waals surface area contributed by atoms with Crippen molar-refractivity contribution < 1.29 is 9.53 Å². The second-order valence-electron chi connectivity index (χ2n) is 5.45. The Bertz CT molecular complexity index is 453. The Labute approximate surface area is 124 Å². The molecule has 20 heavy (non-hydrogen) atoms. The van der Waals surface area contributed by atoms with Gasteiger partial charge in [0, 0.05) is 24.3 Å². The van der Waals surface area contributed by atoms with E-state index in [0.717, 1.165) is 31.5 Å². The predicted octanol–water partition coefficient (Wildman–Crippen LogP) is 1.90. The summed E-state index contributed by atoms with van der Waals surface area (Å²) in [5, 5.41) is 4.00. The lowest BCUT2D eigenvalue weighted by molar-refractivity contribution is -0.163. The number of nitrogens with two attached hydrogens (primary N) is 1. The Morgan fingerprint density at radius 3 is 2.55 bits per heavy atom. The van der Waals surface area contributed by atoms with Gasteiger partial charge in [0.15, 0.2) is 0 Å². The van der Waals surface area contributed by atoms with Crippen molar-refractivity contribution in [3.63, 3.8) is 0 Å². The molecule has 0 radical (unpaired) electrons. The molecule has 1 atom stereocenters. The molecule has 0 aromatic heterocycles. The van der Waals surface area contributed by atoms with Gasteiger partial charge in [0.2, 0.25) is 0 Å². The van der Waals surface area contributed by atoms with Gasteiger partial charge in [-0.25, -0.2) is 0 Å². The molecule has 0 amide bonds. The normalized spacial score (nSPS) is 19.4. The quantitative estimate of drug-likeness (QED) is 0.833. The van der Waals surface area contributed by atoms with E-state index in [1.807, 2.05) is 24.3 Å². The zero-order valence-electron chi connectivity index (χ0n) is 11.7. The number of benzene rings is 1. The van der Waals surface area contributed by atoms with E-state index in [-0.39, 0.29) is 5.97 Å². The number of nitrogens with one attached hydrogen (secondary N) is 1. The first-order chi connectivity index (χ1) is 9.51. The van der Waals surface area contributed by atoms with Crippen LogP contribution in [-0.4, -0.2) is 30.7 Å². The second-order valence-corrected chi connectivity index (χ2v) is 5.88. The van der Waals surface area contributed by atoms with Gasteiger partial charge in [-0.15, -0.1) is 0 Å². The molecule has 2 rings (SSSR count). The molecule has 4 nitrogen and oxygen atoms in total. The third-order valence-corrected chi connectivity index (χ3v) is 3.90. The van der Waals surface area contributed by atoms with Crippen LogP contribution in [0.1, 0.15) is 25.3 Å². The van der Waals surface area contributed by atoms with Crippen molar-refractivity contribution in [1.82, 2.24) is 5.32 Å². The van der Waals surface area contributed by atoms with Crippen molar-refractivity contribution in [3.8, 4) is 0 Å². The van der Waals surface area contributed by atoms with E-state index in [1.54, 1.807) is 6.92 Å². The van der Waals surface area contributed by atoms with Crippen molar-refractivity contribution in [2.75, 3.05) is 13.1 Å². The summed E-state index contributed by atoms with van der Waals surface area (Å²) in [7, 11) is 0. The minimum absolute atomic E-state index is 0.333. The van der Waals surface area contributed by atoms with Crippen molar-refractivity contribution in [2.24, 2.45) is 5.73 Å². The average molecular weight is 297 g/mol. The van der Waals surface area contributed by atoms with E-state index in [0.29, 0.717) is 11.4 Å². The monoisotopic (exact) mass is 296 g/mol. The molecule has 0 bridgehead atoms. The predicted molar refractivity (Wildman–Crippen MR) is 79.7 cm³/mol. The van der Waals surface area contributed by atoms with Gasteiger partial charge in [0.25, 0.3) is 0 Å². The molecule has 110 valence electrons. The van der Waals surface area contributed by atoms with E-state index in [2.05, 4.69) is 5.32 Å². The summed E-state index contributed by atoms with van der Waals surface area (Å²) < 4.78 is 5.74. The number of halogens is 1. The minimum Gasteiger partial charge on any atom is -0.457 e. The van der Waals surface area contributed by atoms with Gasteiger partial charge in [0.1, 0.15) is 11.6 Å². The summed E-state index contributed by atoms with van der Waals surface area (Å²) in [4.78, 5) is 11.9. The molecule has 0 aliphatic carbocycles. The van der Waals surface area contributed by atoms with Crippen molar-refractivity contribution in [1.29, 1.82) is 0 Å². The molecular weight excluding hydrogens is 276 g/mol. The molecule has 1 fully saturated rings. The lowest BCUT2D eigenvalue weighted by Gasteiger charge is -2.37. The van der Waals surface area contributed by atoms with Crippen LogP contribution >= 0.6 is 11.6 Å². The van der Waals surface area contributed by atoms with Gasteiger partial charge < -0.3 is 15.8 Å². The fourth-order valence-electron chi connectivity index (χ4n) is 2.48. The molecule has 5 heteroatoms. The maximum atomic E-state index is 11.9. The molecule has 0 spiro atoms. The van der Waals surface area contributed by atoms with Crippen molar-refractivity contribution in [3.05, 3.63) is 34.9 Å². The number of carbonyl (C=O) groups is 1. The van der Waals surface area contributed by atoms with Crippen LogP contribution in [0.5, 0.6) is 0 Å². The Hall–Kier alpha value is -1.10. The molecule has 1 saturated heterocycles. The maximum absolute atomic E-state index is 11.9. The smallest absolute Gasteiger partial charge is 0.323 e. The second kappa shape index (κ2) is 6.57. The lowest BCUT2D eigenvalue weighted by Crippen LogP contribution is -2.49. The van der Waals surface area contributed by atoms with Crippen molar-refractivity contribution in [2.45, 2.75) is 37.8 Å². The molecular formula is C15H21ClN2O2. The summed E-state index contributed by atoms with van der Waals surface area (Å²) in [5.74, 6) is -0.333. The van der Waals surface area contributed by atoms with E-state index in [9.17, 15) is 4.79 Å². The molecule has 1 heterocycles. The maximum Gasteiger partial charge on any atom is 0.323 e. The molecule has 1 aliphatic heterocycles. The van der Waals surface area contributed by atoms with Crippen LogP contribution in [0.25, 0.3) is 0 Å².